The summed E-state index contributed by atoms with van der Waals surface area (Å²) in [5.74, 6) is 0. The van der Waals surface area contributed by atoms with Crippen LogP contribution in [0.25, 0.3) is 0 Å². The van der Waals surface area contributed by atoms with Crippen LogP contribution in [0.2, 0.25) is 0 Å². The van der Waals surface area contributed by atoms with Crippen molar-refractivity contribution in [2.24, 2.45) is 0 Å². The largest absolute Gasteiger partial charge is 0.398 e. The van der Waals surface area contributed by atoms with Crippen molar-refractivity contribution in [1.82, 2.24) is 9.88 Å². The van der Waals surface area contributed by atoms with Crippen LogP contribution >= 0.6 is 15.9 Å². The molecular weight excluding hydrogens is 290 g/mol. The average molecular weight is 306 g/mol. The minimum atomic E-state index is 0.825. The zero-order valence-corrected chi connectivity index (χ0v) is 11.9. The Morgan fingerprint density at radius 3 is 2.56 bits per heavy atom. The Morgan fingerprint density at radius 2 is 1.89 bits per heavy atom. The van der Waals surface area contributed by atoms with Crippen molar-refractivity contribution in [1.29, 1.82) is 0 Å². The fourth-order valence-electron chi connectivity index (χ4n) is 1.86. The van der Waals surface area contributed by atoms with E-state index in [2.05, 4.69) is 38.9 Å². The van der Waals surface area contributed by atoms with Gasteiger partial charge in [-0.1, -0.05) is 22.0 Å². The van der Waals surface area contributed by atoms with Gasteiger partial charge in [0.05, 0.1) is 0 Å². The fourth-order valence-corrected chi connectivity index (χ4v) is 2.24. The number of aromatic nitrogens is 1. The van der Waals surface area contributed by atoms with Crippen molar-refractivity contribution in [3.8, 4) is 0 Å². The number of nitrogen functional groups attached to an aromatic ring is 1. The van der Waals surface area contributed by atoms with Crippen LogP contribution in [0, 0.1) is 0 Å². The molecule has 0 radical (unpaired) electrons. The van der Waals surface area contributed by atoms with E-state index in [9.17, 15) is 0 Å². The zero-order chi connectivity index (χ0) is 13.0. The molecule has 3 nitrogen and oxygen atoms in total. The standard InChI is InChI=1S/C14H16BrN3/c1-18(9-11-4-6-17-7-5-11)10-12-2-3-13(15)8-14(12)16/h2-8H,9-10,16H2,1H3. The topological polar surface area (TPSA) is 42.2 Å². The Hall–Kier alpha value is -1.39. The molecule has 1 aromatic heterocycles. The van der Waals surface area contributed by atoms with Crippen LogP contribution in [0.3, 0.4) is 0 Å². The van der Waals surface area contributed by atoms with Gasteiger partial charge in [0, 0.05) is 35.6 Å². The molecular formula is C14H16BrN3. The Kier molecular flexibility index (Phi) is 4.33. The summed E-state index contributed by atoms with van der Waals surface area (Å²) in [5, 5.41) is 0. The molecule has 0 bridgehead atoms. The van der Waals surface area contributed by atoms with Crippen molar-refractivity contribution < 1.29 is 0 Å². The second-order valence-electron chi connectivity index (χ2n) is 4.37. The van der Waals surface area contributed by atoms with E-state index < -0.39 is 0 Å². The van der Waals surface area contributed by atoms with E-state index in [1.807, 2.05) is 36.7 Å². The second-order valence-corrected chi connectivity index (χ2v) is 5.29. The molecule has 0 saturated carbocycles. The lowest BCUT2D eigenvalue weighted by Crippen LogP contribution is -2.18. The maximum Gasteiger partial charge on any atom is 0.0371 e. The summed E-state index contributed by atoms with van der Waals surface area (Å²) < 4.78 is 1.01. The maximum absolute atomic E-state index is 6.00. The van der Waals surface area contributed by atoms with Gasteiger partial charge in [0.1, 0.15) is 0 Å². The van der Waals surface area contributed by atoms with Crippen molar-refractivity contribution >= 4 is 21.6 Å². The van der Waals surface area contributed by atoms with Crippen molar-refractivity contribution in [2.75, 3.05) is 12.8 Å². The molecule has 0 fully saturated rings. The van der Waals surface area contributed by atoms with Crippen LogP contribution < -0.4 is 5.73 Å². The summed E-state index contributed by atoms with van der Waals surface area (Å²) in [5.41, 5.74) is 9.22. The van der Waals surface area contributed by atoms with E-state index in [0.717, 1.165) is 28.8 Å². The van der Waals surface area contributed by atoms with Gasteiger partial charge in [0.2, 0.25) is 0 Å². The molecule has 0 spiro atoms. The summed E-state index contributed by atoms with van der Waals surface area (Å²) in [6.45, 7) is 1.72. The van der Waals surface area contributed by atoms with E-state index in [4.69, 9.17) is 5.73 Å². The first-order valence-corrected chi connectivity index (χ1v) is 6.56. The van der Waals surface area contributed by atoms with E-state index >= 15 is 0 Å². The van der Waals surface area contributed by atoms with Gasteiger partial charge >= 0.3 is 0 Å². The minimum Gasteiger partial charge on any atom is -0.398 e. The third-order valence-electron chi connectivity index (χ3n) is 2.75. The van der Waals surface area contributed by atoms with Gasteiger partial charge in [-0.2, -0.15) is 0 Å². The molecule has 94 valence electrons. The Morgan fingerprint density at radius 1 is 1.17 bits per heavy atom. The van der Waals surface area contributed by atoms with Gasteiger partial charge in [-0.05, 0) is 42.4 Å². The third kappa shape index (κ3) is 3.55. The molecule has 1 aromatic carbocycles. The number of nitrogens with zero attached hydrogens (tertiary/aromatic N) is 2. The maximum atomic E-state index is 6.00. The molecule has 0 saturated heterocycles. The summed E-state index contributed by atoms with van der Waals surface area (Å²) >= 11 is 3.42. The molecule has 4 heteroatoms. The van der Waals surface area contributed by atoms with E-state index in [1.165, 1.54) is 5.56 Å². The molecule has 2 aromatic rings. The molecule has 0 atom stereocenters. The summed E-state index contributed by atoms with van der Waals surface area (Å²) in [7, 11) is 2.09. The van der Waals surface area contributed by atoms with Crippen molar-refractivity contribution in [3.05, 3.63) is 58.3 Å². The summed E-state index contributed by atoms with van der Waals surface area (Å²) in [6, 6.07) is 10.1. The van der Waals surface area contributed by atoms with Crippen LogP contribution in [0.5, 0.6) is 0 Å². The van der Waals surface area contributed by atoms with Crippen molar-refractivity contribution in [2.45, 2.75) is 13.1 Å². The highest BCUT2D eigenvalue weighted by Crippen LogP contribution is 2.20. The highest BCUT2D eigenvalue weighted by Gasteiger charge is 2.05. The highest BCUT2D eigenvalue weighted by molar-refractivity contribution is 9.10. The van der Waals surface area contributed by atoms with Gasteiger partial charge in [0.25, 0.3) is 0 Å². The number of halogens is 1. The predicted molar refractivity (Wildman–Crippen MR) is 78.0 cm³/mol. The molecule has 2 rings (SSSR count). The fraction of sp³-hybridized carbons (Fsp3) is 0.214. The Bertz CT molecular complexity index is 514. The molecule has 0 aliphatic rings. The zero-order valence-electron chi connectivity index (χ0n) is 10.3. The van der Waals surface area contributed by atoms with Crippen LogP contribution in [0.15, 0.2) is 47.2 Å². The average Bonchev–Trinajstić information content (AvgIpc) is 2.34. The molecule has 0 amide bonds. The van der Waals surface area contributed by atoms with Crippen LogP contribution in [0.4, 0.5) is 5.69 Å². The molecule has 0 aliphatic carbocycles. The number of benzene rings is 1. The molecule has 0 unspecified atom stereocenters. The van der Waals surface area contributed by atoms with E-state index in [-0.39, 0.29) is 0 Å². The summed E-state index contributed by atoms with van der Waals surface area (Å²) in [4.78, 5) is 6.25. The second kappa shape index (κ2) is 5.98. The number of anilines is 1. The van der Waals surface area contributed by atoms with Gasteiger partial charge in [-0.15, -0.1) is 0 Å². The van der Waals surface area contributed by atoms with Gasteiger partial charge in [-0.25, -0.2) is 0 Å². The molecule has 2 N–H and O–H groups in total. The number of hydrogen-bond donors (Lipinski definition) is 1. The third-order valence-corrected chi connectivity index (χ3v) is 3.24. The smallest absolute Gasteiger partial charge is 0.0371 e. The van der Waals surface area contributed by atoms with Gasteiger partial charge in [0.15, 0.2) is 0 Å². The normalized spacial score (nSPS) is 10.8. The van der Waals surface area contributed by atoms with Crippen LogP contribution in [-0.2, 0) is 13.1 Å². The molecule has 0 aliphatic heterocycles. The highest BCUT2D eigenvalue weighted by atomic mass is 79.9. The lowest BCUT2D eigenvalue weighted by atomic mass is 10.1. The Balaban J connectivity index is 2.01. The lowest BCUT2D eigenvalue weighted by Gasteiger charge is -2.18. The first kappa shape index (κ1) is 13.1. The lowest BCUT2D eigenvalue weighted by molar-refractivity contribution is 0.319. The summed E-state index contributed by atoms with van der Waals surface area (Å²) in [6.07, 6.45) is 3.63. The van der Waals surface area contributed by atoms with Crippen LogP contribution in [-0.4, -0.2) is 16.9 Å². The van der Waals surface area contributed by atoms with Crippen molar-refractivity contribution in [3.63, 3.8) is 0 Å². The Labute approximate surface area is 116 Å². The minimum absolute atomic E-state index is 0.825. The van der Waals surface area contributed by atoms with Gasteiger partial charge in [-0.3, -0.25) is 9.88 Å². The predicted octanol–water partition coefficient (Wildman–Crippen LogP) is 3.06. The molecule has 18 heavy (non-hydrogen) atoms. The number of hydrogen-bond acceptors (Lipinski definition) is 3. The molecule has 1 heterocycles. The quantitative estimate of drug-likeness (QED) is 0.883. The number of rotatable bonds is 4. The number of pyridine rings is 1. The monoisotopic (exact) mass is 305 g/mol. The number of nitrogens with two attached hydrogens (primary N) is 1. The van der Waals surface area contributed by atoms with E-state index in [0.29, 0.717) is 0 Å². The first-order valence-electron chi connectivity index (χ1n) is 5.76. The van der Waals surface area contributed by atoms with E-state index in [1.54, 1.807) is 0 Å². The van der Waals surface area contributed by atoms with Crippen LogP contribution in [0.1, 0.15) is 11.1 Å². The SMILES string of the molecule is CN(Cc1ccncc1)Cc1ccc(Br)cc1N. The van der Waals surface area contributed by atoms with Gasteiger partial charge < -0.3 is 5.73 Å². The first-order chi connectivity index (χ1) is 8.65.